The van der Waals surface area contributed by atoms with Crippen LogP contribution in [0.5, 0.6) is 0 Å². The predicted molar refractivity (Wildman–Crippen MR) is 85.7 cm³/mol. The molecule has 0 aliphatic carbocycles. The van der Waals surface area contributed by atoms with Crippen LogP contribution in [-0.4, -0.2) is 19.9 Å². The fraction of sp³-hybridized carbons (Fsp3) is 0.200. The highest BCUT2D eigenvalue weighted by Crippen LogP contribution is 2.16. The first kappa shape index (κ1) is 14.4. The van der Waals surface area contributed by atoms with Gasteiger partial charge in [-0.25, -0.2) is 9.66 Å². The van der Waals surface area contributed by atoms with Crippen molar-refractivity contribution in [2.24, 2.45) is 0 Å². The van der Waals surface area contributed by atoms with Crippen LogP contribution in [0.4, 0.5) is 0 Å². The number of fused-ring (bicyclic) bond motifs is 1. The molecule has 0 bridgehead atoms. The zero-order valence-corrected chi connectivity index (χ0v) is 13.0. The minimum atomic E-state index is -0.297. The molecule has 0 aliphatic heterocycles. The predicted octanol–water partition coefficient (Wildman–Crippen LogP) is 1.78. The number of aryl methyl sites for hydroxylation is 2. The molecule has 1 N–H and O–H groups in total. The molecule has 3 rings (SSSR count). The highest BCUT2D eigenvalue weighted by atomic mass is 32.1. The third kappa shape index (κ3) is 2.62. The first-order chi connectivity index (χ1) is 10.6. The Bertz CT molecular complexity index is 899. The number of nitrogens with one attached hydrogen (secondary N) is 1. The number of carbonyl (C=O) groups is 1. The van der Waals surface area contributed by atoms with Crippen LogP contribution >= 0.6 is 11.5 Å². The number of nitrogens with zero attached hydrogens (tertiary/aromatic N) is 3. The maximum Gasteiger partial charge on any atom is 0.292 e. The van der Waals surface area contributed by atoms with Crippen molar-refractivity contribution >= 4 is 27.7 Å². The molecule has 0 fully saturated rings. The zero-order valence-electron chi connectivity index (χ0n) is 12.2. The van der Waals surface area contributed by atoms with Gasteiger partial charge in [-0.15, -0.1) is 0 Å². The van der Waals surface area contributed by atoms with E-state index in [0.717, 1.165) is 22.8 Å². The third-order valence-electron chi connectivity index (χ3n) is 3.27. The van der Waals surface area contributed by atoms with Crippen LogP contribution in [0.3, 0.4) is 0 Å². The molecule has 0 atom stereocenters. The van der Waals surface area contributed by atoms with Gasteiger partial charge in [0.05, 0.1) is 12.1 Å². The molecule has 2 aromatic heterocycles. The van der Waals surface area contributed by atoms with E-state index in [2.05, 4.69) is 14.8 Å². The number of benzene rings is 1. The number of aromatic nitrogens is 3. The van der Waals surface area contributed by atoms with Gasteiger partial charge in [0.1, 0.15) is 16.0 Å². The minimum Gasteiger partial charge on any atom is -0.273 e. The van der Waals surface area contributed by atoms with Gasteiger partial charge in [-0.2, -0.15) is 4.37 Å². The van der Waals surface area contributed by atoms with E-state index in [4.69, 9.17) is 0 Å². The molecule has 22 heavy (non-hydrogen) atoms. The second kappa shape index (κ2) is 5.69. The summed E-state index contributed by atoms with van der Waals surface area (Å²) in [6.07, 6.45) is 0.201. The second-order valence-corrected chi connectivity index (χ2v) is 5.72. The molecule has 1 amide bonds. The molecule has 7 heteroatoms. The molecule has 0 spiro atoms. The Kier molecular flexibility index (Phi) is 3.72. The van der Waals surface area contributed by atoms with Crippen molar-refractivity contribution in [3.8, 4) is 0 Å². The molecule has 0 saturated carbocycles. The van der Waals surface area contributed by atoms with Gasteiger partial charge in [-0.3, -0.25) is 15.0 Å². The van der Waals surface area contributed by atoms with Gasteiger partial charge in [0.15, 0.2) is 0 Å². The van der Waals surface area contributed by atoms with E-state index >= 15 is 0 Å². The summed E-state index contributed by atoms with van der Waals surface area (Å²) in [6.45, 7) is 3.49. The van der Waals surface area contributed by atoms with Crippen LogP contribution in [0, 0.1) is 13.8 Å². The molecule has 1 aromatic carbocycles. The van der Waals surface area contributed by atoms with E-state index in [0.29, 0.717) is 16.0 Å². The number of amides is 1. The lowest BCUT2D eigenvalue weighted by molar-refractivity contribution is -0.116. The average Bonchev–Trinajstić information content (AvgIpc) is 2.86. The summed E-state index contributed by atoms with van der Waals surface area (Å²) in [6, 6.07) is 9.36. The summed E-state index contributed by atoms with van der Waals surface area (Å²) in [4.78, 5) is 28.9. The first-order valence-corrected chi connectivity index (χ1v) is 7.53. The van der Waals surface area contributed by atoms with E-state index < -0.39 is 0 Å². The number of hydrogen-bond acceptors (Lipinski definition) is 5. The van der Waals surface area contributed by atoms with Gasteiger partial charge in [-0.05, 0) is 30.9 Å². The molecular formula is C15H14N4O2S. The summed E-state index contributed by atoms with van der Waals surface area (Å²) in [7, 11) is 0. The molecule has 0 aliphatic rings. The Balaban J connectivity index is 1.91. The molecule has 0 unspecified atom stereocenters. The largest absolute Gasteiger partial charge is 0.292 e. The molecule has 112 valence electrons. The minimum absolute atomic E-state index is 0.201. The SMILES string of the molecule is Cc1nsc2c(=O)n(NC(=O)Cc3ccccc3)c(C)nc12. The van der Waals surface area contributed by atoms with Crippen molar-refractivity contribution in [2.45, 2.75) is 20.3 Å². The lowest BCUT2D eigenvalue weighted by atomic mass is 10.1. The second-order valence-electron chi connectivity index (χ2n) is 4.94. The summed E-state index contributed by atoms with van der Waals surface area (Å²) in [5.74, 6) is 0.168. The van der Waals surface area contributed by atoms with E-state index in [1.54, 1.807) is 6.92 Å². The number of rotatable bonds is 3. The van der Waals surface area contributed by atoms with Crippen LogP contribution in [-0.2, 0) is 11.2 Å². The van der Waals surface area contributed by atoms with E-state index in [1.165, 1.54) is 4.68 Å². The fourth-order valence-corrected chi connectivity index (χ4v) is 2.94. The normalized spacial score (nSPS) is 10.8. The van der Waals surface area contributed by atoms with Crippen LogP contribution < -0.4 is 11.0 Å². The van der Waals surface area contributed by atoms with Gasteiger partial charge in [-0.1, -0.05) is 30.3 Å². The standard InChI is InChI=1S/C15H14N4O2S/c1-9-13-14(22-18-9)15(21)19(10(2)16-13)17-12(20)8-11-6-4-3-5-7-11/h3-7H,8H2,1-2H3,(H,17,20). The first-order valence-electron chi connectivity index (χ1n) is 6.75. The highest BCUT2D eigenvalue weighted by molar-refractivity contribution is 7.13. The lowest BCUT2D eigenvalue weighted by Crippen LogP contribution is -2.35. The van der Waals surface area contributed by atoms with Gasteiger partial charge in [0.25, 0.3) is 5.56 Å². The fourth-order valence-electron chi connectivity index (χ4n) is 2.17. The Morgan fingerprint density at radius 3 is 2.73 bits per heavy atom. The molecular weight excluding hydrogens is 300 g/mol. The van der Waals surface area contributed by atoms with Crippen molar-refractivity contribution in [1.29, 1.82) is 0 Å². The van der Waals surface area contributed by atoms with Gasteiger partial charge >= 0.3 is 0 Å². The van der Waals surface area contributed by atoms with E-state index in [9.17, 15) is 9.59 Å². The molecule has 6 nitrogen and oxygen atoms in total. The highest BCUT2D eigenvalue weighted by Gasteiger charge is 2.14. The maximum atomic E-state index is 12.4. The Morgan fingerprint density at radius 2 is 2.00 bits per heavy atom. The maximum absolute atomic E-state index is 12.4. The average molecular weight is 314 g/mol. The monoisotopic (exact) mass is 314 g/mol. The Hall–Kier alpha value is -2.54. The summed E-state index contributed by atoms with van der Waals surface area (Å²) in [5.41, 5.74) is 4.52. The number of carbonyl (C=O) groups excluding carboxylic acids is 1. The van der Waals surface area contributed by atoms with Crippen molar-refractivity contribution in [1.82, 2.24) is 14.0 Å². The summed E-state index contributed by atoms with van der Waals surface area (Å²) < 4.78 is 5.77. The molecule has 0 saturated heterocycles. The number of hydrogen-bond donors (Lipinski definition) is 1. The van der Waals surface area contributed by atoms with Gasteiger partial charge < -0.3 is 0 Å². The van der Waals surface area contributed by atoms with Crippen LogP contribution in [0.15, 0.2) is 35.1 Å². The van der Waals surface area contributed by atoms with Gasteiger partial charge in [0.2, 0.25) is 5.91 Å². The van der Waals surface area contributed by atoms with Crippen LogP contribution in [0.1, 0.15) is 17.1 Å². The topological polar surface area (TPSA) is 76.9 Å². The quantitative estimate of drug-likeness (QED) is 0.799. The van der Waals surface area contributed by atoms with Crippen molar-refractivity contribution < 1.29 is 4.79 Å². The van der Waals surface area contributed by atoms with Crippen LogP contribution in [0.25, 0.3) is 10.2 Å². The Morgan fingerprint density at radius 1 is 1.27 bits per heavy atom. The van der Waals surface area contributed by atoms with E-state index in [-0.39, 0.29) is 17.9 Å². The van der Waals surface area contributed by atoms with Crippen molar-refractivity contribution in [3.63, 3.8) is 0 Å². The third-order valence-corrected chi connectivity index (χ3v) is 4.19. The summed E-state index contributed by atoms with van der Waals surface area (Å²) >= 11 is 1.10. The summed E-state index contributed by atoms with van der Waals surface area (Å²) in [5, 5.41) is 0. The van der Waals surface area contributed by atoms with E-state index in [1.807, 2.05) is 37.3 Å². The smallest absolute Gasteiger partial charge is 0.273 e. The van der Waals surface area contributed by atoms with Crippen LogP contribution in [0.2, 0.25) is 0 Å². The molecule has 2 heterocycles. The molecule has 3 aromatic rings. The van der Waals surface area contributed by atoms with Crippen molar-refractivity contribution in [3.05, 3.63) is 57.8 Å². The zero-order chi connectivity index (χ0) is 15.7. The van der Waals surface area contributed by atoms with Crippen molar-refractivity contribution in [2.75, 3.05) is 5.43 Å². The lowest BCUT2D eigenvalue weighted by Gasteiger charge is -2.10. The molecule has 0 radical (unpaired) electrons. The Labute approximate surface area is 130 Å². The van der Waals surface area contributed by atoms with Gasteiger partial charge in [0, 0.05) is 0 Å².